The van der Waals surface area contributed by atoms with Gasteiger partial charge in [0, 0.05) is 19.4 Å². The van der Waals surface area contributed by atoms with Gasteiger partial charge in [-0.25, -0.2) is 0 Å². The zero-order chi connectivity index (χ0) is 53.5. The van der Waals surface area contributed by atoms with Crippen LogP contribution in [0.25, 0.3) is 0 Å². The number of aliphatic hydroxyl groups is 12. The minimum Gasteiger partial charge on any atom is -0.394 e. The molecule has 0 amide bonds. The number of rotatable bonds is 15. The highest BCUT2D eigenvalue weighted by atomic mass is 16.8. The standard InChI is InChI=1S/C52H86O22/c1-21(20-66-46-40(61)39(60)36(57)31(18-53)70-46)10-15-52(65-7)22(2)33-30(74-52)17-29-27-9-8-25-16-26(11-13-50(25,5)28(27)12-14-51(29,33)6)69-49-45(73-48-42(63)38(59)35(56)24(4)68-48)43(64)44(32(19-54)71-49)72-47-41(62)37(58)34(55)23(3)67-47/h8,21-24,26-49,53-64H,9-20H2,1-7H3/t21-,22-,23?,24?,26-,27+,28-,29-,30-,31?,32?,33-,34?,35?,36?,37?,38?,39?,40?,41?,42?,43?,44?,45?,46?,47?,48?,49?,50-,51-,52?/m0/s1. The molecule has 9 aliphatic rings. The molecule has 0 aromatic carbocycles. The number of aliphatic hydroxyl groups excluding tert-OH is 12. The van der Waals surface area contributed by atoms with Gasteiger partial charge in [-0.1, -0.05) is 39.3 Å². The number of hydrogen-bond donors (Lipinski definition) is 12. The number of methoxy groups -OCH3 is 1. The summed E-state index contributed by atoms with van der Waals surface area (Å²) < 4.78 is 61.5. The first-order valence-corrected chi connectivity index (χ1v) is 27.2. The first kappa shape index (κ1) is 57.5. The lowest BCUT2D eigenvalue weighted by Crippen LogP contribution is -2.66. The molecule has 0 radical (unpaired) electrons. The Kier molecular flexibility index (Phi) is 17.4. The average Bonchev–Trinajstić information content (AvgIpc) is 3.84. The molecule has 5 heterocycles. The van der Waals surface area contributed by atoms with E-state index >= 15 is 0 Å². The summed E-state index contributed by atoms with van der Waals surface area (Å²) in [5.74, 6) is 0.884. The zero-order valence-corrected chi connectivity index (χ0v) is 43.7. The molecule has 0 aromatic rings. The Bertz CT molecular complexity index is 1920. The van der Waals surface area contributed by atoms with Gasteiger partial charge in [-0.2, -0.15) is 0 Å². The van der Waals surface area contributed by atoms with Gasteiger partial charge in [-0.15, -0.1) is 0 Å². The fraction of sp³-hybridized carbons (Fsp3) is 0.962. The fourth-order valence-electron chi connectivity index (χ4n) is 15.3. The Morgan fingerprint density at radius 1 is 0.649 bits per heavy atom. The molecule has 12 N–H and O–H groups in total. The van der Waals surface area contributed by atoms with Crippen LogP contribution in [0.2, 0.25) is 0 Å². The van der Waals surface area contributed by atoms with Gasteiger partial charge in [-0.3, -0.25) is 0 Å². The number of fused-ring (bicyclic) bond motifs is 7. The number of allylic oxidation sites excluding steroid dienone is 1. The second-order valence-electron chi connectivity index (χ2n) is 24.0. The van der Waals surface area contributed by atoms with Crippen molar-refractivity contribution in [3.8, 4) is 0 Å². The van der Waals surface area contributed by atoms with E-state index in [9.17, 15) is 61.3 Å². The topological polar surface area (TPSA) is 335 Å². The summed E-state index contributed by atoms with van der Waals surface area (Å²) in [6.07, 6.45) is -19.4. The molecule has 0 bridgehead atoms. The van der Waals surface area contributed by atoms with Crippen LogP contribution in [0.4, 0.5) is 0 Å². The Hall–Kier alpha value is -1.14. The molecule has 21 unspecified atom stereocenters. The third-order valence-electron chi connectivity index (χ3n) is 19.8. The highest BCUT2D eigenvalue weighted by Gasteiger charge is 2.68. The summed E-state index contributed by atoms with van der Waals surface area (Å²) in [6.45, 7) is 11.1. The van der Waals surface area contributed by atoms with E-state index in [1.807, 2.05) is 6.92 Å². The molecule has 22 heteroatoms. The van der Waals surface area contributed by atoms with Crippen LogP contribution < -0.4 is 0 Å². The smallest absolute Gasteiger partial charge is 0.187 e. The quantitative estimate of drug-likeness (QED) is 0.0846. The highest BCUT2D eigenvalue weighted by molar-refractivity contribution is 5.26. The van der Waals surface area contributed by atoms with E-state index in [0.717, 1.165) is 32.1 Å². The summed E-state index contributed by atoms with van der Waals surface area (Å²) in [5.41, 5.74) is 1.19. The summed E-state index contributed by atoms with van der Waals surface area (Å²) in [7, 11) is 1.72. The van der Waals surface area contributed by atoms with Crippen LogP contribution in [-0.4, -0.2) is 229 Å². The molecule has 5 aliphatic heterocycles. The minimum absolute atomic E-state index is 0.00465. The van der Waals surface area contributed by atoms with Crippen LogP contribution in [0.15, 0.2) is 11.6 Å². The highest BCUT2D eigenvalue weighted by Crippen LogP contribution is 2.70. The monoisotopic (exact) mass is 1060 g/mol. The van der Waals surface area contributed by atoms with Crippen LogP contribution in [0.1, 0.15) is 99.3 Å². The molecule has 74 heavy (non-hydrogen) atoms. The van der Waals surface area contributed by atoms with Crippen LogP contribution in [0.5, 0.6) is 0 Å². The molecule has 426 valence electrons. The van der Waals surface area contributed by atoms with E-state index in [1.54, 1.807) is 7.11 Å². The Labute approximate surface area is 432 Å². The van der Waals surface area contributed by atoms with Crippen molar-refractivity contribution in [2.75, 3.05) is 26.9 Å². The van der Waals surface area contributed by atoms with Crippen LogP contribution in [0, 0.1) is 46.3 Å². The lowest BCUT2D eigenvalue weighted by atomic mass is 9.47. The van der Waals surface area contributed by atoms with E-state index in [-0.39, 0.29) is 41.3 Å². The van der Waals surface area contributed by atoms with Gasteiger partial charge in [0.1, 0.15) is 85.5 Å². The zero-order valence-electron chi connectivity index (χ0n) is 43.7. The Balaban J connectivity index is 0.854. The Morgan fingerprint density at radius 2 is 1.24 bits per heavy atom. The van der Waals surface area contributed by atoms with Crippen molar-refractivity contribution < 1.29 is 109 Å². The maximum Gasteiger partial charge on any atom is 0.187 e. The van der Waals surface area contributed by atoms with E-state index in [1.165, 1.54) is 19.4 Å². The SMILES string of the molecule is COC1(CC[C@H](C)COC2OC(CO)C(O)C(O)C2O)O[C@H]2C[C@H]3[C@@H]4CC=C5C[C@@H](OC6OC(CO)C(OC7OC(C)C(O)C(O)C7O)C(O)C6OC6OC(C)C(O)C(O)C6O)CC[C@]5(C)[C@H]4CC[C@]3(C)[C@H]2[C@@H]1C. The van der Waals surface area contributed by atoms with Gasteiger partial charge >= 0.3 is 0 Å². The molecular weight excluding hydrogens is 977 g/mol. The second-order valence-corrected chi connectivity index (χ2v) is 24.0. The lowest BCUT2D eigenvalue weighted by molar-refractivity contribution is -0.388. The first-order valence-electron chi connectivity index (χ1n) is 27.2. The van der Waals surface area contributed by atoms with Crippen LogP contribution >= 0.6 is 0 Å². The minimum atomic E-state index is -1.74. The van der Waals surface area contributed by atoms with Crippen molar-refractivity contribution in [2.24, 2.45) is 46.3 Å². The van der Waals surface area contributed by atoms with Crippen molar-refractivity contribution >= 4 is 0 Å². The van der Waals surface area contributed by atoms with E-state index in [2.05, 4.69) is 26.8 Å². The number of ether oxygens (including phenoxy) is 10. The fourth-order valence-corrected chi connectivity index (χ4v) is 15.3. The third-order valence-corrected chi connectivity index (χ3v) is 19.8. The maximum atomic E-state index is 12.1. The van der Waals surface area contributed by atoms with E-state index < -0.39 is 148 Å². The molecule has 31 atom stereocenters. The molecule has 9 rings (SSSR count). The largest absolute Gasteiger partial charge is 0.394 e. The van der Waals surface area contributed by atoms with Gasteiger partial charge in [-0.05, 0) is 106 Å². The first-order chi connectivity index (χ1) is 35.0. The van der Waals surface area contributed by atoms with E-state index in [0.29, 0.717) is 43.4 Å². The molecule has 8 fully saturated rings. The predicted octanol–water partition coefficient (Wildman–Crippen LogP) is -1.33. The summed E-state index contributed by atoms with van der Waals surface area (Å²) >= 11 is 0. The van der Waals surface area contributed by atoms with Crippen LogP contribution in [-0.2, 0) is 47.4 Å². The summed E-state index contributed by atoms with van der Waals surface area (Å²) in [4.78, 5) is 0. The molecule has 3 saturated carbocycles. The molecular formula is C52H86O22. The van der Waals surface area contributed by atoms with Crippen molar-refractivity contribution in [1.29, 1.82) is 0 Å². The van der Waals surface area contributed by atoms with Crippen molar-refractivity contribution in [2.45, 2.75) is 240 Å². The maximum absolute atomic E-state index is 12.1. The van der Waals surface area contributed by atoms with Gasteiger partial charge in [0.2, 0.25) is 0 Å². The van der Waals surface area contributed by atoms with Gasteiger partial charge in [0.05, 0.1) is 44.2 Å². The normalized spacial score (nSPS) is 54.9. The summed E-state index contributed by atoms with van der Waals surface area (Å²) in [5, 5.41) is 127. The second kappa shape index (κ2) is 22.4. The molecule has 22 nitrogen and oxygen atoms in total. The van der Waals surface area contributed by atoms with Gasteiger partial charge < -0.3 is 109 Å². The third kappa shape index (κ3) is 10.1. The molecule has 0 spiro atoms. The van der Waals surface area contributed by atoms with Crippen LogP contribution in [0.3, 0.4) is 0 Å². The van der Waals surface area contributed by atoms with Crippen molar-refractivity contribution in [3.63, 3.8) is 0 Å². The van der Waals surface area contributed by atoms with E-state index in [4.69, 9.17) is 47.4 Å². The number of hydrogen-bond acceptors (Lipinski definition) is 22. The molecule has 0 aromatic heterocycles. The summed E-state index contributed by atoms with van der Waals surface area (Å²) in [6, 6.07) is 0. The van der Waals surface area contributed by atoms with Gasteiger partial charge in [0.25, 0.3) is 0 Å². The van der Waals surface area contributed by atoms with Gasteiger partial charge in [0.15, 0.2) is 30.9 Å². The molecule has 5 saturated heterocycles. The van der Waals surface area contributed by atoms with Crippen molar-refractivity contribution in [3.05, 3.63) is 11.6 Å². The Morgan fingerprint density at radius 3 is 1.86 bits per heavy atom. The predicted molar refractivity (Wildman–Crippen MR) is 254 cm³/mol. The van der Waals surface area contributed by atoms with Crippen molar-refractivity contribution in [1.82, 2.24) is 0 Å². The lowest BCUT2D eigenvalue weighted by Gasteiger charge is -2.58. The average molecular weight is 1060 g/mol. The molecule has 4 aliphatic carbocycles.